The fourth-order valence-electron chi connectivity index (χ4n) is 5.30. The molecule has 3 saturated carbocycles. The van der Waals surface area contributed by atoms with E-state index < -0.39 is 11.6 Å². The van der Waals surface area contributed by atoms with Crippen LogP contribution in [0.4, 0.5) is 8.78 Å². The number of amidine groups is 1. The Bertz CT molecular complexity index is 881. The molecular formula is C20H23ClF2N4. The lowest BCUT2D eigenvalue weighted by Crippen LogP contribution is -2.28. The molecule has 27 heavy (non-hydrogen) atoms. The van der Waals surface area contributed by atoms with Crippen LogP contribution in [0.3, 0.4) is 0 Å². The Kier molecular flexibility index (Phi) is 4.39. The average molecular weight is 393 g/mol. The summed E-state index contributed by atoms with van der Waals surface area (Å²) in [5.74, 6) is -0.0611. The molecule has 0 amide bonds. The highest BCUT2D eigenvalue weighted by molar-refractivity contribution is 6.30. The van der Waals surface area contributed by atoms with Gasteiger partial charge in [-0.15, -0.1) is 0 Å². The molecule has 1 spiro atoms. The molecule has 0 heterocycles. The van der Waals surface area contributed by atoms with Crippen LogP contribution in [-0.2, 0) is 0 Å². The fourth-order valence-corrected chi connectivity index (χ4v) is 5.44. The van der Waals surface area contributed by atoms with Crippen molar-refractivity contribution in [1.29, 1.82) is 5.41 Å². The smallest absolute Gasteiger partial charge is 0.178 e. The van der Waals surface area contributed by atoms with E-state index in [0.29, 0.717) is 41.7 Å². The highest BCUT2D eigenvalue weighted by atomic mass is 35.5. The molecule has 4 nitrogen and oxygen atoms in total. The van der Waals surface area contributed by atoms with Crippen LogP contribution >= 0.6 is 11.6 Å². The third-order valence-electron chi connectivity index (χ3n) is 6.43. The van der Waals surface area contributed by atoms with E-state index in [2.05, 4.69) is 22.5 Å². The Labute approximate surface area is 162 Å². The van der Waals surface area contributed by atoms with Gasteiger partial charge in [-0.2, -0.15) is 0 Å². The number of hydrogen-bond donors (Lipinski definition) is 3. The molecule has 5 unspecified atom stereocenters. The van der Waals surface area contributed by atoms with E-state index in [1.165, 1.54) is 17.8 Å². The van der Waals surface area contributed by atoms with Crippen molar-refractivity contribution < 1.29 is 8.78 Å². The third-order valence-corrected chi connectivity index (χ3v) is 6.72. The third kappa shape index (κ3) is 2.64. The van der Waals surface area contributed by atoms with Crippen LogP contribution in [0.5, 0.6) is 0 Å². The summed E-state index contributed by atoms with van der Waals surface area (Å²) in [7, 11) is 1.77. The lowest BCUT2D eigenvalue weighted by molar-refractivity contribution is 0.485. The van der Waals surface area contributed by atoms with E-state index in [1.807, 2.05) is 0 Å². The first kappa shape index (κ1) is 18.6. The van der Waals surface area contributed by atoms with Crippen molar-refractivity contribution in [1.82, 2.24) is 10.6 Å². The van der Waals surface area contributed by atoms with Crippen LogP contribution in [0.2, 0.25) is 5.02 Å². The summed E-state index contributed by atoms with van der Waals surface area (Å²) in [5.41, 5.74) is 2.24. The Balaban J connectivity index is 1.53. The van der Waals surface area contributed by atoms with E-state index in [4.69, 9.17) is 17.0 Å². The van der Waals surface area contributed by atoms with Gasteiger partial charge in [-0.05, 0) is 49.9 Å². The van der Waals surface area contributed by atoms with Crippen LogP contribution in [-0.4, -0.2) is 31.2 Å². The number of rotatable bonds is 5. The predicted octanol–water partition coefficient (Wildman–Crippen LogP) is 3.86. The fraction of sp³-hybridized carbons (Fsp3) is 0.500. The minimum atomic E-state index is -1.02. The highest BCUT2D eigenvalue weighted by Crippen LogP contribution is 2.82. The zero-order valence-corrected chi connectivity index (χ0v) is 16.3. The van der Waals surface area contributed by atoms with Gasteiger partial charge in [0.1, 0.15) is 5.84 Å². The van der Waals surface area contributed by atoms with Gasteiger partial charge in [0.2, 0.25) is 0 Å². The van der Waals surface area contributed by atoms with E-state index in [1.54, 1.807) is 20.2 Å². The number of benzene rings is 1. The molecular weight excluding hydrogens is 370 g/mol. The average Bonchev–Trinajstić information content (AvgIpc) is 3.37. The topological polar surface area (TPSA) is 60.3 Å². The molecule has 144 valence electrons. The van der Waals surface area contributed by atoms with Gasteiger partial charge in [-0.3, -0.25) is 5.41 Å². The first-order valence-corrected chi connectivity index (χ1v) is 9.59. The van der Waals surface area contributed by atoms with Crippen molar-refractivity contribution in [3.8, 4) is 0 Å². The van der Waals surface area contributed by atoms with Gasteiger partial charge in [-0.1, -0.05) is 18.5 Å². The zero-order chi connectivity index (χ0) is 19.5. The van der Waals surface area contributed by atoms with Gasteiger partial charge in [0, 0.05) is 41.4 Å². The summed E-state index contributed by atoms with van der Waals surface area (Å²) < 4.78 is 28.2. The molecule has 0 bridgehead atoms. The van der Waals surface area contributed by atoms with Crippen molar-refractivity contribution in [2.45, 2.75) is 26.3 Å². The Morgan fingerprint density at radius 3 is 2.78 bits per heavy atom. The molecule has 0 aliphatic heterocycles. The van der Waals surface area contributed by atoms with Gasteiger partial charge >= 0.3 is 0 Å². The number of likely N-dealkylation sites (N-methyl/N-ethyl adjacent to an activating group) is 1. The lowest BCUT2D eigenvalue weighted by Gasteiger charge is -2.17. The van der Waals surface area contributed by atoms with Crippen molar-refractivity contribution in [2.75, 3.05) is 13.6 Å². The SMILES string of the molecule is CNC/C(=C\NC1CC2/C(=N/C(C)=N)C23C(C)C13)c1ccc(Cl)c(F)c1F. The second-order valence-corrected chi connectivity index (χ2v) is 8.22. The van der Waals surface area contributed by atoms with Crippen molar-refractivity contribution in [2.24, 2.45) is 28.2 Å². The zero-order valence-electron chi connectivity index (χ0n) is 15.5. The molecule has 0 saturated heterocycles. The monoisotopic (exact) mass is 392 g/mol. The van der Waals surface area contributed by atoms with Gasteiger partial charge in [0.25, 0.3) is 0 Å². The number of hydrogen-bond acceptors (Lipinski definition) is 3. The molecule has 0 aromatic heterocycles. The van der Waals surface area contributed by atoms with Crippen LogP contribution in [0.1, 0.15) is 25.8 Å². The molecule has 1 aromatic rings. The summed E-state index contributed by atoms with van der Waals surface area (Å²) >= 11 is 5.67. The summed E-state index contributed by atoms with van der Waals surface area (Å²) in [6.45, 7) is 4.36. The highest BCUT2D eigenvalue weighted by Gasteiger charge is 2.86. The quantitative estimate of drug-likeness (QED) is 0.405. The van der Waals surface area contributed by atoms with Gasteiger partial charge in [-0.25, -0.2) is 13.8 Å². The van der Waals surface area contributed by atoms with E-state index in [0.717, 1.165) is 6.42 Å². The molecule has 3 N–H and O–H groups in total. The van der Waals surface area contributed by atoms with Crippen molar-refractivity contribution in [3.63, 3.8) is 0 Å². The van der Waals surface area contributed by atoms with E-state index >= 15 is 0 Å². The Hall–Kier alpha value is -1.79. The maximum absolute atomic E-state index is 14.3. The predicted molar refractivity (Wildman–Crippen MR) is 104 cm³/mol. The molecule has 3 aliphatic rings. The van der Waals surface area contributed by atoms with E-state index in [-0.39, 0.29) is 16.0 Å². The molecule has 1 aromatic carbocycles. The van der Waals surface area contributed by atoms with Crippen LogP contribution in [0.15, 0.2) is 23.3 Å². The minimum absolute atomic E-state index is 0.189. The van der Waals surface area contributed by atoms with Crippen LogP contribution in [0.25, 0.3) is 5.57 Å². The second kappa shape index (κ2) is 6.38. The summed E-state index contributed by atoms with van der Waals surface area (Å²) in [6.07, 6.45) is 2.77. The van der Waals surface area contributed by atoms with Crippen LogP contribution < -0.4 is 10.6 Å². The Morgan fingerprint density at radius 2 is 2.15 bits per heavy atom. The molecule has 7 heteroatoms. The number of aliphatic imine (C=N–C) groups is 1. The number of nitrogens with zero attached hydrogens (tertiary/aromatic N) is 1. The van der Waals surface area contributed by atoms with Crippen LogP contribution in [0, 0.1) is 40.2 Å². The maximum atomic E-state index is 14.3. The minimum Gasteiger partial charge on any atom is -0.388 e. The summed E-state index contributed by atoms with van der Waals surface area (Å²) in [4.78, 5) is 4.42. The molecule has 5 atom stereocenters. The Morgan fingerprint density at radius 1 is 1.41 bits per heavy atom. The summed E-state index contributed by atoms with van der Waals surface area (Å²) in [5, 5.41) is 13.8. The largest absolute Gasteiger partial charge is 0.388 e. The first-order chi connectivity index (χ1) is 12.8. The molecule has 3 aliphatic carbocycles. The lowest BCUT2D eigenvalue weighted by atomic mass is 10.0. The molecule has 0 radical (unpaired) electrons. The summed E-state index contributed by atoms with van der Waals surface area (Å²) in [6, 6.07) is 3.18. The van der Waals surface area contributed by atoms with Gasteiger partial charge < -0.3 is 10.6 Å². The molecule has 3 fully saturated rings. The number of halogens is 3. The maximum Gasteiger partial charge on any atom is 0.178 e. The second-order valence-electron chi connectivity index (χ2n) is 7.81. The van der Waals surface area contributed by atoms with Crippen molar-refractivity contribution in [3.05, 3.63) is 40.6 Å². The van der Waals surface area contributed by atoms with E-state index in [9.17, 15) is 8.78 Å². The first-order valence-electron chi connectivity index (χ1n) is 9.21. The van der Waals surface area contributed by atoms with Gasteiger partial charge in [0.15, 0.2) is 11.6 Å². The van der Waals surface area contributed by atoms with Gasteiger partial charge in [0.05, 0.1) is 5.02 Å². The number of nitrogens with one attached hydrogen (secondary N) is 3. The van der Waals surface area contributed by atoms with Crippen molar-refractivity contribution >= 4 is 28.7 Å². The molecule has 4 rings (SSSR count). The normalized spacial score (nSPS) is 35.0. The standard InChI is InChI=1S/C20H23ClF2N4/c1-9-16-15(6-13-19(20(9,13)16)27-10(2)24)26-8-11(7-25-3)12-4-5-14(21)18(23)17(12)22/h4-5,8-9,13,15-16,24-26H,6-7H2,1-3H3/b11-8+,24-10?,27-19-.